The minimum absolute atomic E-state index is 0.0443. The quantitative estimate of drug-likeness (QED) is 0.482. The largest absolute Gasteiger partial charge is 0.406 e. The highest BCUT2D eigenvalue weighted by molar-refractivity contribution is 7.99. The topological polar surface area (TPSA) is 56.5 Å². The SMILES string of the molecule is Fc1nc(F)c(F)c(Sc2nnc(-c3ccncc3)n2CC(F)(F)F)c1F. The van der Waals surface area contributed by atoms with Gasteiger partial charge in [-0.05, 0) is 23.9 Å². The monoisotopic (exact) mass is 409 g/mol. The number of hydrogen-bond donors (Lipinski definition) is 0. The molecule has 13 heteroatoms. The van der Waals surface area contributed by atoms with Crippen molar-refractivity contribution in [1.29, 1.82) is 0 Å². The summed E-state index contributed by atoms with van der Waals surface area (Å²) in [6.45, 7) is -1.60. The fourth-order valence-corrected chi connectivity index (χ4v) is 2.92. The predicted molar refractivity (Wildman–Crippen MR) is 77.5 cm³/mol. The number of aromatic nitrogens is 5. The van der Waals surface area contributed by atoms with Gasteiger partial charge in [0.05, 0.1) is 4.90 Å². The van der Waals surface area contributed by atoms with Crippen LogP contribution in [0.25, 0.3) is 11.4 Å². The number of nitrogens with zero attached hydrogens (tertiary/aromatic N) is 5. The molecule has 0 amide bonds. The summed E-state index contributed by atoms with van der Waals surface area (Å²) < 4.78 is 93.4. The van der Waals surface area contributed by atoms with Crippen LogP contribution in [0.2, 0.25) is 0 Å². The van der Waals surface area contributed by atoms with Crippen LogP contribution in [-0.2, 0) is 6.54 Å². The van der Waals surface area contributed by atoms with Crippen molar-refractivity contribution in [2.45, 2.75) is 22.8 Å². The van der Waals surface area contributed by atoms with E-state index in [-0.39, 0.29) is 23.1 Å². The van der Waals surface area contributed by atoms with Crippen molar-refractivity contribution in [2.24, 2.45) is 0 Å². The van der Waals surface area contributed by atoms with Gasteiger partial charge in [-0.1, -0.05) is 0 Å². The molecule has 0 saturated carbocycles. The smallest absolute Gasteiger partial charge is 0.293 e. The molecule has 3 rings (SSSR count). The lowest BCUT2D eigenvalue weighted by atomic mass is 10.2. The Kier molecular flexibility index (Phi) is 5.04. The maximum atomic E-state index is 13.8. The van der Waals surface area contributed by atoms with Crippen molar-refractivity contribution in [3.05, 3.63) is 48.1 Å². The highest BCUT2D eigenvalue weighted by Gasteiger charge is 2.32. The molecule has 0 fully saturated rings. The van der Waals surface area contributed by atoms with Crippen LogP contribution in [0.5, 0.6) is 0 Å². The summed E-state index contributed by atoms with van der Waals surface area (Å²) in [5.74, 6) is -7.86. The van der Waals surface area contributed by atoms with E-state index in [9.17, 15) is 30.7 Å². The van der Waals surface area contributed by atoms with Gasteiger partial charge in [-0.15, -0.1) is 10.2 Å². The Bertz CT molecular complexity index is 948. The van der Waals surface area contributed by atoms with Crippen molar-refractivity contribution in [2.75, 3.05) is 0 Å². The van der Waals surface area contributed by atoms with Gasteiger partial charge in [0.15, 0.2) is 22.6 Å². The molecule has 0 aliphatic heterocycles. The van der Waals surface area contributed by atoms with Gasteiger partial charge in [-0.25, -0.2) is 8.78 Å². The Balaban J connectivity index is 2.11. The Morgan fingerprint density at radius 1 is 0.926 bits per heavy atom. The summed E-state index contributed by atoms with van der Waals surface area (Å²) in [4.78, 5) is 4.88. The highest BCUT2D eigenvalue weighted by Crippen LogP contribution is 2.35. The number of alkyl halides is 3. The van der Waals surface area contributed by atoms with E-state index in [2.05, 4.69) is 20.2 Å². The molecule has 142 valence electrons. The van der Waals surface area contributed by atoms with Crippen LogP contribution in [-0.4, -0.2) is 30.9 Å². The molecule has 27 heavy (non-hydrogen) atoms. The van der Waals surface area contributed by atoms with E-state index < -0.39 is 46.3 Å². The van der Waals surface area contributed by atoms with Crippen molar-refractivity contribution in [1.82, 2.24) is 24.7 Å². The Labute approximate surface area is 150 Å². The average Bonchev–Trinajstić information content (AvgIpc) is 2.98. The summed E-state index contributed by atoms with van der Waals surface area (Å²) in [6.07, 6.45) is -2.14. The van der Waals surface area contributed by atoms with Gasteiger partial charge in [0, 0.05) is 18.0 Å². The number of halogens is 7. The summed E-state index contributed by atoms with van der Waals surface area (Å²) in [5, 5.41) is 6.43. The predicted octanol–water partition coefficient (Wildman–Crippen LogP) is 4.01. The first kappa shape index (κ1) is 19.1. The van der Waals surface area contributed by atoms with E-state index in [1.54, 1.807) is 0 Å². The second kappa shape index (κ2) is 7.13. The van der Waals surface area contributed by atoms with Crippen LogP contribution in [0.15, 0.2) is 34.6 Å². The van der Waals surface area contributed by atoms with Gasteiger partial charge in [0.2, 0.25) is 0 Å². The first-order valence-electron chi connectivity index (χ1n) is 6.95. The lowest BCUT2D eigenvalue weighted by Gasteiger charge is -2.13. The molecule has 0 bridgehead atoms. The molecule has 3 heterocycles. The van der Waals surface area contributed by atoms with Crippen LogP contribution in [0.1, 0.15) is 0 Å². The Hall–Kier alpha value is -2.70. The van der Waals surface area contributed by atoms with E-state index in [4.69, 9.17) is 0 Å². The normalized spacial score (nSPS) is 11.8. The fourth-order valence-electron chi connectivity index (χ4n) is 2.05. The van der Waals surface area contributed by atoms with Crippen molar-refractivity contribution in [3.8, 4) is 11.4 Å². The molecule has 0 aromatic carbocycles. The zero-order valence-electron chi connectivity index (χ0n) is 12.8. The zero-order valence-corrected chi connectivity index (χ0v) is 13.6. The van der Waals surface area contributed by atoms with Crippen LogP contribution < -0.4 is 0 Å². The van der Waals surface area contributed by atoms with Crippen molar-refractivity contribution >= 4 is 11.8 Å². The Morgan fingerprint density at radius 2 is 1.52 bits per heavy atom. The molecule has 0 aliphatic rings. The molecule has 0 spiro atoms. The first-order chi connectivity index (χ1) is 12.7. The molecular formula is C14H6F7N5S. The summed E-state index contributed by atoms with van der Waals surface area (Å²) >= 11 is -0.0443. The number of hydrogen-bond acceptors (Lipinski definition) is 5. The van der Waals surface area contributed by atoms with E-state index in [1.807, 2.05) is 0 Å². The molecule has 3 aromatic heterocycles. The summed E-state index contributed by atoms with van der Waals surface area (Å²) in [7, 11) is 0. The molecular weight excluding hydrogens is 403 g/mol. The third-order valence-corrected chi connectivity index (χ3v) is 4.19. The molecule has 0 saturated heterocycles. The van der Waals surface area contributed by atoms with Gasteiger partial charge >= 0.3 is 6.18 Å². The van der Waals surface area contributed by atoms with Gasteiger partial charge in [-0.3, -0.25) is 9.55 Å². The second-order valence-corrected chi connectivity index (χ2v) is 5.97. The van der Waals surface area contributed by atoms with Crippen LogP contribution in [0.3, 0.4) is 0 Å². The molecule has 5 nitrogen and oxygen atoms in total. The molecule has 0 atom stereocenters. The van der Waals surface area contributed by atoms with Crippen LogP contribution in [0, 0.1) is 23.5 Å². The van der Waals surface area contributed by atoms with E-state index >= 15 is 0 Å². The molecule has 0 unspecified atom stereocenters. The highest BCUT2D eigenvalue weighted by atomic mass is 32.2. The minimum atomic E-state index is -4.73. The summed E-state index contributed by atoms with van der Waals surface area (Å²) in [5.41, 5.74) is 0.196. The maximum Gasteiger partial charge on any atom is 0.406 e. The number of rotatable bonds is 4. The first-order valence-corrected chi connectivity index (χ1v) is 7.77. The number of pyridine rings is 2. The van der Waals surface area contributed by atoms with Gasteiger partial charge in [0.1, 0.15) is 6.54 Å². The minimum Gasteiger partial charge on any atom is -0.293 e. The zero-order chi connectivity index (χ0) is 19.8. The van der Waals surface area contributed by atoms with Crippen LogP contribution in [0.4, 0.5) is 30.7 Å². The maximum absolute atomic E-state index is 13.8. The van der Waals surface area contributed by atoms with E-state index in [1.165, 1.54) is 24.5 Å². The van der Waals surface area contributed by atoms with Gasteiger partial charge in [-0.2, -0.15) is 26.9 Å². The third kappa shape index (κ3) is 4.02. The fraction of sp³-hybridized carbons (Fsp3) is 0.143. The molecule has 0 radical (unpaired) electrons. The molecule has 3 aromatic rings. The standard InChI is InChI=1S/C14H6F7N5S/c15-7-9(8(16)11(18)23-10(7)17)27-13-25-24-12(6-1-3-22-4-2-6)26(13)5-14(19,20)21/h1-4H,5H2. The average molecular weight is 409 g/mol. The lowest BCUT2D eigenvalue weighted by molar-refractivity contribution is -0.141. The van der Waals surface area contributed by atoms with Crippen molar-refractivity contribution < 1.29 is 30.7 Å². The lowest BCUT2D eigenvalue weighted by Crippen LogP contribution is -2.19. The third-order valence-electron chi connectivity index (χ3n) is 3.14. The van der Waals surface area contributed by atoms with Crippen LogP contribution >= 0.6 is 11.8 Å². The van der Waals surface area contributed by atoms with Gasteiger partial charge in [0.25, 0.3) is 11.9 Å². The van der Waals surface area contributed by atoms with Gasteiger partial charge < -0.3 is 0 Å². The van der Waals surface area contributed by atoms with Crippen molar-refractivity contribution in [3.63, 3.8) is 0 Å². The Morgan fingerprint density at radius 3 is 2.07 bits per heavy atom. The second-order valence-electron chi connectivity index (χ2n) is 5.00. The van der Waals surface area contributed by atoms with E-state index in [0.29, 0.717) is 4.57 Å². The summed E-state index contributed by atoms with van der Waals surface area (Å²) in [6, 6.07) is 2.69. The van der Waals surface area contributed by atoms with E-state index in [0.717, 1.165) is 0 Å². The molecule has 0 N–H and O–H groups in total. The molecule has 0 aliphatic carbocycles.